The molecule has 0 saturated carbocycles. The molecule has 0 aliphatic rings. The Morgan fingerprint density at radius 2 is 1.59 bits per heavy atom. The summed E-state index contributed by atoms with van der Waals surface area (Å²) in [6.45, 7) is 2.14. The van der Waals surface area contributed by atoms with E-state index in [2.05, 4.69) is 6.92 Å². The number of halogens is 1. The average molecular weight is 283 g/mol. The molecule has 0 aromatic carbocycles. The van der Waals surface area contributed by atoms with Gasteiger partial charge in [0.25, 0.3) is 0 Å². The van der Waals surface area contributed by atoms with Crippen molar-refractivity contribution >= 4 is 19.7 Å². The number of aliphatic hydroxyl groups excluding tert-OH is 3. The monoisotopic (exact) mass is 282 g/mol. The molecule has 3 N–H and O–H groups in total. The molecule has 0 radical (unpaired) electrons. The third kappa shape index (κ3) is 6.77. The van der Waals surface area contributed by atoms with Crippen LogP contribution >= 0.6 is 11.6 Å². The number of rotatable bonds is 11. The first kappa shape index (κ1) is 17.4. The highest BCUT2D eigenvalue weighted by molar-refractivity contribution is 6.79. The van der Waals surface area contributed by atoms with Gasteiger partial charge in [0.15, 0.2) is 0 Å². The van der Waals surface area contributed by atoms with Crippen molar-refractivity contribution in [3.05, 3.63) is 0 Å². The lowest BCUT2D eigenvalue weighted by Gasteiger charge is -2.29. The predicted octanol–water partition coefficient (Wildman–Crippen LogP) is 1.86. The van der Waals surface area contributed by atoms with Crippen LogP contribution in [0, 0.1) is 5.92 Å². The van der Waals surface area contributed by atoms with Gasteiger partial charge >= 0.3 is 0 Å². The second kappa shape index (κ2) is 10.3. The molecule has 0 aromatic rings. The number of alkyl halides is 1. The Morgan fingerprint density at radius 1 is 1.00 bits per heavy atom. The van der Waals surface area contributed by atoms with Crippen molar-refractivity contribution in [2.75, 3.05) is 24.6 Å². The van der Waals surface area contributed by atoms with Gasteiger partial charge in [-0.3, -0.25) is 0 Å². The van der Waals surface area contributed by atoms with Crippen molar-refractivity contribution in [3.63, 3.8) is 0 Å². The van der Waals surface area contributed by atoms with Gasteiger partial charge in [-0.25, -0.2) is 0 Å². The maximum atomic E-state index is 9.35. The van der Waals surface area contributed by atoms with Gasteiger partial charge in [-0.15, -0.1) is 11.6 Å². The minimum Gasteiger partial charge on any atom is -0.399 e. The summed E-state index contributed by atoms with van der Waals surface area (Å²) in [5.41, 5.74) is 0. The number of unbranched alkanes of at least 4 members (excludes halogenated alkanes) is 2. The highest BCUT2D eigenvalue weighted by Crippen LogP contribution is 2.24. The SMILES string of the molecule is CCC(CCCCCCl)C[Si](CO)(CO)CO. The molecule has 0 bridgehead atoms. The number of hydrogen-bond acceptors (Lipinski definition) is 3. The Morgan fingerprint density at radius 3 is 2.00 bits per heavy atom. The number of hydrogen-bond donors (Lipinski definition) is 3. The third-order valence-electron chi connectivity index (χ3n) is 3.55. The summed E-state index contributed by atoms with van der Waals surface area (Å²) in [6.07, 6.45) is 5.47. The van der Waals surface area contributed by atoms with Crippen LogP contribution in [0.25, 0.3) is 0 Å². The van der Waals surface area contributed by atoms with Gasteiger partial charge in [0.1, 0.15) is 8.07 Å². The highest BCUT2D eigenvalue weighted by atomic mass is 35.5. The van der Waals surface area contributed by atoms with Crippen LogP contribution in [0.4, 0.5) is 0 Å². The maximum Gasteiger partial charge on any atom is 0.140 e. The maximum absolute atomic E-state index is 9.35. The molecular formula is C12H27ClO3Si. The summed E-state index contributed by atoms with van der Waals surface area (Å²) in [5, 5.41) is 28.1. The van der Waals surface area contributed by atoms with Crippen molar-refractivity contribution in [1.29, 1.82) is 0 Å². The molecule has 0 heterocycles. The first-order chi connectivity index (χ1) is 8.17. The largest absolute Gasteiger partial charge is 0.399 e. The van der Waals surface area contributed by atoms with Crippen molar-refractivity contribution in [3.8, 4) is 0 Å². The second-order valence-corrected chi connectivity index (χ2v) is 9.73. The quantitative estimate of drug-likeness (QED) is 0.308. The Balaban J connectivity index is 4.08. The minimum absolute atomic E-state index is 0.0157. The van der Waals surface area contributed by atoms with E-state index in [0.29, 0.717) is 5.92 Å². The zero-order chi connectivity index (χ0) is 13.1. The van der Waals surface area contributed by atoms with E-state index in [1.54, 1.807) is 0 Å². The Labute approximate surface area is 111 Å². The molecule has 3 nitrogen and oxygen atoms in total. The third-order valence-corrected chi connectivity index (χ3v) is 7.27. The van der Waals surface area contributed by atoms with Gasteiger partial charge in [0.2, 0.25) is 0 Å². The average Bonchev–Trinajstić information content (AvgIpc) is 2.39. The van der Waals surface area contributed by atoms with Crippen LogP contribution in [0.3, 0.4) is 0 Å². The van der Waals surface area contributed by atoms with E-state index in [0.717, 1.165) is 44.0 Å². The molecule has 0 rings (SSSR count). The van der Waals surface area contributed by atoms with Gasteiger partial charge in [0, 0.05) is 24.6 Å². The standard InChI is InChI=1S/C12H27ClO3Si/c1-2-12(6-4-3-5-7-13)8-17(9-14,10-15)11-16/h12,14-16H,2-11H2,1H3. The Hall–Kier alpha value is 0.387. The fraction of sp³-hybridized carbons (Fsp3) is 1.00. The summed E-state index contributed by atoms with van der Waals surface area (Å²) in [4.78, 5) is 0. The molecule has 0 aromatic heterocycles. The molecular weight excluding hydrogens is 256 g/mol. The first-order valence-corrected chi connectivity index (χ1v) is 9.92. The second-order valence-electron chi connectivity index (χ2n) is 4.99. The molecule has 1 unspecified atom stereocenters. The van der Waals surface area contributed by atoms with Crippen molar-refractivity contribution in [1.82, 2.24) is 0 Å². The molecule has 1 atom stereocenters. The molecule has 0 amide bonds. The zero-order valence-electron chi connectivity index (χ0n) is 10.9. The van der Waals surface area contributed by atoms with E-state index < -0.39 is 8.07 Å². The van der Waals surface area contributed by atoms with Gasteiger partial charge < -0.3 is 15.3 Å². The van der Waals surface area contributed by atoms with Crippen molar-refractivity contribution < 1.29 is 15.3 Å². The van der Waals surface area contributed by atoms with E-state index >= 15 is 0 Å². The van der Waals surface area contributed by atoms with Gasteiger partial charge in [0.05, 0.1) is 0 Å². The number of aliphatic hydroxyl groups is 3. The van der Waals surface area contributed by atoms with Crippen LogP contribution < -0.4 is 0 Å². The summed E-state index contributed by atoms with van der Waals surface area (Å²) in [5.74, 6) is 1.24. The molecule has 0 aliphatic carbocycles. The lowest BCUT2D eigenvalue weighted by atomic mass is 10.0. The van der Waals surface area contributed by atoms with Crippen LogP contribution in [0.2, 0.25) is 6.04 Å². The predicted molar refractivity (Wildman–Crippen MR) is 74.8 cm³/mol. The normalized spacial score (nSPS) is 13.9. The molecule has 0 fully saturated rings. The summed E-state index contributed by atoms with van der Waals surface area (Å²) in [7, 11) is -2.23. The summed E-state index contributed by atoms with van der Waals surface area (Å²) >= 11 is 5.63. The van der Waals surface area contributed by atoms with Gasteiger partial charge in [-0.2, -0.15) is 0 Å². The van der Waals surface area contributed by atoms with E-state index in [1.807, 2.05) is 0 Å². The van der Waals surface area contributed by atoms with E-state index in [9.17, 15) is 15.3 Å². The molecule has 17 heavy (non-hydrogen) atoms. The van der Waals surface area contributed by atoms with Crippen molar-refractivity contribution in [2.45, 2.75) is 45.1 Å². The zero-order valence-corrected chi connectivity index (χ0v) is 12.6. The smallest absolute Gasteiger partial charge is 0.140 e. The van der Waals surface area contributed by atoms with Crippen LogP contribution in [0.15, 0.2) is 0 Å². The highest BCUT2D eigenvalue weighted by Gasteiger charge is 2.33. The summed E-state index contributed by atoms with van der Waals surface area (Å²) < 4.78 is 0. The van der Waals surface area contributed by atoms with Gasteiger partial charge in [-0.1, -0.05) is 32.6 Å². The fourth-order valence-electron chi connectivity index (χ4n) is 2.11. The topological polar surface area (TPSA) is 60.7 Å². The van der Waals surface area contributed by atoms with E-state index in [4.69, 9.17) is 11.6 Å². The van der Waals surface area contributed by atoms with Crippen molar-refractivity contribution in [2.24, 2.45) is 5.92 Å². The van der Waals surface area contributed by atoms with E-state index in [-0.39, 0.29) is 18.7 Å². The molecule has 104 valence electrons. The van der Waals surface area contributed by atoms with Crippen LogP contribution in [0.5, 0.6) is 0 Å². The Bertz CT molecular complexity index is 169. The summed E-state index contributed by atoms with van der Waals surface area (Å²) in [6, 6.07) is 0.827. The first-order valence-electron chi connectivity index (χ1n) is 6.56. The van der Waals surface area contributed by atoms with E-state index in [1.165, 1.54) is 0 Å². The molecule has 0 saturated heterocycles. The lowest BCUT2D eigenvalue weighted by Crippen LogP contribution is -2.49. The molecule has 0 aliphatic heterocycles. The van der Waals surface area contributed by atoms with Crippen LogP contribution in [0.1, 0.15) is 39.0 Å². The molecule has 0 spiro atoms. The minimum atomic E-state index is -2.23. The van der Waals surface area contributed by atoms with Crippen LogP contribution in [-0.2, 0) is 0 Å². The van der Waals surface area contributed by atoms with Crippen LogP contribution in [-0.4, -0.2) is 48.0 Å². The molecule has 5 heteroatoms. The fourth-order valence-corrected chi connectivity index (χ4v) is 4.70. The lowest BCUT2D eigenvalue weighted by molar-refractivity contribution is 0.281. The Kier molecular flexibility index (Phi) is 10.6. The van der Waals surface area contributed by atoms with Gasteiger partial charge in [-0.05, 0) is 18.4 Å².